The van der Waals surface area contributed by atoms with E-state index in [4.69, 9.17) is 4.74 Å². The third-order valence-electron chi connectivity index (χ3n) is 4.76. The summed E-state index contributed by atoms with van der Waals surface area (Å²) in [6.45, 7) is 0.551. The summed E-state index contributed by atoms with van der Waals surface area (Å²) in [4.78, 5) is 18.8. The second-order valence-corrected chi connectivity index (χ2v) is 7.05. The highest BCUT2D eigenvalue weighted by Crippen LogP contribution is 2.26. The first-order valence-electron chi connectivity index (χ1n) is 9.77. The predicted molar refractivity (Wildman–Crippen MR) is 118 cm³/mol. The Morgan fingerprint density at radius 1 is 0.800 bits per heavy atom. The molecule has 0 aliphatic heterocycles. The first-order valence-corrected chi connectivity index (χ1v) is 9.77. The van der Waals surface area contributed by atoms with E-state index in [-0.39, 0.29) is 5.91 Å². The number of benzene rings is 3. The molecule has 30 heavy (non-hydrogen) atoms. The molecule has 0 radical (unpaired) electrons. The number of rotatable bonds is 6. The van der Waals surface area contributed by atoms with Gasteiger partial charge in [0.25, 0.3) is 5.91 Å². The van der Waals surface area contributed by atoms with Crippen LogP contribution in [0.3, 0.4) is 0 Å². The topological polar surface area (TPSA) is 42.4 Å². The molecule has 0 atom stereocenters. The lowest BCUT2D eigenvalue weighted by Gasteiger charge is -2.17. The largest absolute Gasteiger partial charge is 0.457 e. The van der Waals surface area contributed by atoms with E-state index in [1.165, 1.54) is 0 Å². The van der Waals surface area contributed by atoms with Gasteiger partial charge in [0, 0.05) is 31.5 Å². The zero-order valence-electron chi connectivity index (χ0n) is 16.7. The maximum absolute atomic E-state index is 12.9. The molecule has 1 amide bonds. The van der Waals surface area contributed by atoms with Crippen molar-refractivity contribution in [3.05, 3.63) is 115 Å². The molecule has 0 bridgehead atoms. The summed E-state index contributed by atoms with van der Waals surface area (Å²) in [5.41, 5.74) is 3.52. The van der Waals surface area contributed by atoms with Gasteiger partial charge < -0.3 is 9.64 Å². The number of carbonyl (C=O) groups is 1. The minimum atomic E-state index is -0.0581. The summed E-state index contributed by atoms with van der Waals surface area (Å²) >= 11 is 0. The van der Waals surface area contributed by atoms with E-state index in [0.717, 1.165) is 28.2 Å². The Labute approximate surface area is 176 Å². The van der Waals surface area contributed by atoms with E-state index >= 15 is 0 Å². The minimum Gasteiger partial charge on any atom is -0.457 e. The zero-order valence-corrected chi connectivity index (χ0v) is 16.7. The molecular weight excluding hydrogens is 372 g/mol. The highest BCUT2D eigenvalue weighted by molar-refractivity contribution is 5.94. The van der Waals surface area contributed by atoms with Gasteiger partial charge in [-0.3, -0.25) is 9.78 Å². The third kappa shape index (κ3) is 4.73. The van der Waals surface area contributed by atoms with Crippen LogP contribution >= 0.6 is 0 Å². The van der Waals surface area contributed by atoms with Crippen LogP contribution in [0.1, 0.15) is 15.9 Å². The lowest BCUT2D eigenvalue weighted by atomic mass is 10.1. The predicted octanol–water partition coefficient (Wildman–Crippen LogP) is 5.81. The molecule has 0 saturated heterocycles. The zero-order chi connectivity index (χ0) is 20.8. The second kappa shape index (κ2) is 9.05. The maximum Gasteiger partial charge on any atom is 0.255 e. The average molecular weight is 394 g/mol. The van der Waals surface area contributed by atoms with Gasteiger partial charge in [0.15, 0.2) is 0 Å². The van der Waals surface area contributed by atoms with Crippen molar-refractivity contribution in [3.63, 3.8) is 0 Å². The van der Waals surface area contributed by atoms with Gasteiger partial charge in [-0.15, -0.1) is 0 Å². The smallest absolute Gasteiger partial charge is 0.255 e. The summed E-state index contributed by atoms with van der Waals surface area (Å²) in [7, 11) is 1.80. The summed E-state index contributed by atoms with van der Waals surface area (Å²) in [6, 6.07) is 29.2. The standard InChI is InChI=1S/C26H22N2O2/c1-28(19-20-8-4-2-5-9-20)26(29)23-16-22(17-27-18-23)21-12-14-25(15-13-21)30-24-10-6-3-7-11-24/h2-18H,19H2,1H3. The van der Waals surface area contributed by atoms with Gasteiger partial charge >= 0.3 is 0 Å². The Bertz CT molecular complexity index is 1110. The number of ether oxygens (including phenoxy) is 1. The summed E-state index contributed by atoms with van der Waals surface area (Å²) in [6.07, 6.45) is 3.38. The molecule has 0 fully saturated rings. The molecule has 1 aromatic heterocycles. The van der Waals surface area contributed by atoms with Gasteiger partial charge in [-0.05, 0) is 41.5 Å². The lowest BCUT2D eigenvalue weighted by Crippen LogP contribution is -2.26. The minimum absolute atomic E-state index is 0.0581. The molecular formula is C26H22N2O2. The van der Waals surface area contributed by atoms with Crippen molar-refractivity contribution < 1.29 is 9.53 Å². The lowest BCUT2D eigenvalue weighted by molar-refractivity contribution is 0.0784. The van der Waals surface area contributed by atoms with Crippen LogP contribution in [-0.2, 0) is 6.54 Å². The molecule has 0 aliphatic rings. The Kier molecular flexibility index (Phi) is 5.85. The molecule has 0 saturated carbocycles. The normalized spacial score (nSPS) is 10.4. The number of aromatic nitrogens is 1. The van der Waals surface area contributed by atoms with Gasteiger partial charge in [-0.25, -0.2) is 0 Å². The van der Waals surface area contributed by atoms with Crippen LogP contribution in [0.15, 0.2) is 103 Å². The fourth-order valence-electron chi connectivity index (χ4n) is 3.20. The molecule has 3 aromatic carbocycles. The molecule has 148 valence electrons. The number of carbonyl (C=O) groups excluding carboxylic acids is 1. The molecule has 1 heterocycles. The molecule has 4 heteroatoms. The van der Waals surface area contributed by atoms with Gasteiger partial charge in [0.05, 0.1) is 5.56 Å². The van der Waals surface area contributed by atoms with Crippen molar-refractivity contribution in [2.75, 3.05) is 7.05 Å². The van der Waals surface area contributed by atoms with Gasteiger partial charge in [-0.1, -0.05) is 60.7 Å². The Morgan fingerprint density at radius 3 is 2.13 bits per heavy atom. The fourth-order valence-corrected chi connectivity index (χ4v) is 3.20. The van der Waals surface area contributed by atoms with Crippen molar-refractivity contribution in [2.45, 2.75) is 6.54 Å². The first kappa shape index (κ1) is 19.4. The van der Waals surface area contributed by atoms with Crippen LogP contribution in [0.25, 0.3) is 11.1 Å². The average Bonchev–Trinajstić information content (AvgIpc) is 2.80. The van der Waals surface area contributed by atoms with Crippen LogP contribution in [0.2, 0.25) is 0 Å². The molecule has 0 unspecified atom stereocenters. The molecule has 0 spiro atoms. The van der Waals surface area contributed by atoms with Gasteiger partial charge in [0.1, 0.15) is 11.5 Å². The quantitative estimate of drug-likeness (QED) is 0.414. The number of hydrogen-bond donors (Lipinski definition) is 0. The van der Waals surface area contributed by atoms with E-state index in [1.807, 2.05) is 91.0 Å². The van der Waals surface area contributed by atoms with Crippen LogP contribution < -0.4 is 4.74 Å². The van der Waals surface area contributed by atoms with E-state index < -0.39 is 0 Å². The van der Waals surface area contributed by atoms with E-state index in [2.05, 4.69) is 4.98 Å². The number of pyridine rings is 1. The number of nitrogens with zero attached hydrogens (tertiary/aromatic N) is 2. The molecule has 4 rings (SSSR count). The van der Waals surface area contributed by atoms with E-state index in [1.54, 1.807) is 24.3 Å². The highest BCUT2D eigenvalue weighted by atomic mass is 16.5. The molecule has 0 aliphatic carbocycles. The summed E-state index contributed by atoms with van der Waals surface area (Å²) in [5, 5.41) is 0. The van der Waals surface area contributed by atoms with Crippen molar-refractivity contribution >= 4 is 5.91 Å². The van der Waals surface area contributed by atoms with Crippen molar-refractivity contribution in [2.24, 2.45) is 0 Å². The first-order chi connectivity index (χ1) is 14.7. The summed E-state index contributed by atoms with van der Waals surface area (Å²) in [5.74, 6) is 1.49. The Morgan fingerprint density at radius 2 is 1.43 bits per heavy atom. The van der Waals surface area contributed by atoms with Gasteiger partial charge in [0.2, 0.25) is 0 Å². The molecule has 4 aromatic rings. The van der Waals surface area contributed by atoms with Crippen molar-refractivity contribution in [1.82, 2.24) is 9.88 Å². The second-order valence-electron chi connectivity index (χ2n) is 7.05. The maximum atomic E-state index is 12.9. The number of amides is 1. The SMILES string of the molecule is CN(Cc1ccccc1)C(=O)c1cncc(-c2ccc(Oc3ccccc3)cc2)c1. The summed E-state index contributed by atoms with van der Waals surface area (Å²) < 4.78 is 5.84. The van der Waals surface area contributed by atoms with Crippen LogP contribution in [0.4, 0.5) is 0 Å². The molecule has 4 nitrogen and oxygen atoms in total. The monoisotopic (exact) mass is 394 g/mol. The molecule has 0 N–H and O–H groups in total. The third-order valence-corrected chi connectivity index (χ3v) is 4.76. The highest BCUT2D eigenvalue weighted by Gasteiger charge is 2.13. The van der Waals surface area contributed by atoms with Crippen molar-refractivity contribution in [3.8, 4) is 22.6 Å². The Balaban J connectivity index is 1.48. The fraction of sp³-hybridized carbons (Fsp3) is 0.0769. The van der Waals surface area contributed by atoms with Crippen LogP contribution in [0.5, 0.6) is 11.5 Å². The number of para-hydroxylation sites is 1. The van der Waals surface area contributed by atoms with Gasteiger partial charge in [-0.2, -0.15) is 0 Å². The van der Waals surface area contributed by atoms with Crippen LogP contribution in [-0.4, -0.2) is 22.8 Å². The number of hydrogen-bond acceptors (Lipinski definition) is 3. The van der Waals surface area contributed by atoms with E-state index in [9.17, 15) is 4.79 Å². The van der Waals surface area contributed by atoms with E-state index in [0.29, 0.717) is 12.1 Å². The van der Waals surface area contributed by atoms with Crippen LogP contribution in [0, 0.1) is 0 Å². The Hall–Kier alpha value is -3.92. The van der Waals surface area contributed by atoms with Crippen molar-refractivity contribution in [1.29, 1.82) is 0 Å².